The van der Waals surface area contributed by atoms with Crippen LogP contribution in [0.25, 0.3) is 6.08 Å². The summed E-state index contributed by atoms with van der Waals surface area (Å²) in [6.45, 7) is 1.76. The van der Waals surface area contributed by atoms with Crippen LogP contribution in [-0.4, -0.2) is 31.9 Å². The molecule has 3 heterocycles. The number of carbonyl (C=O) groups is 1. The van der Waals surface area contributed by atoms with Crippen molar-refractivity contribution in [2.24, 2.45) is 4.99 Å². The number of aromatic nitrogens is 1. The number of rotatable bonds is 5. The highest BCUT2D eigenvalue weighted by Gasteiger charge is 2.33. The van der Waals surface area contributed by atoms with Crippen LogP contribution in [0.3, 0.4) is 0 Å². The maximum absolute atomic E-state index is 13.5. The molecule has 0 radical (unpaired) electrons. The lowest BCUT2D eigenvalue weighted by Crippen LogP contribution is -2.39. The number of hydrogen-bond acceptors (Lipinski definition) is 8. The Morgan fingerprint density at radius 2 is 1.97 bits per heavy atom. The molecule has 0 amide bonds. The number of methoxy groups -OCH3 is 3. The zero-order chi connectivity index (χ0) is 23.0. The van der Waals surface area contributed by atoms with Crippen LogP contribution < -0.4 is 24.4 Å². The average molecular weight is 535 g/mol. The van der Waals surface area contributed by atoms with E-state index in [2.05, 4.69) is 20.9 Å². The Kier molecular flexibility index (Phi) is 6.36. The number of thiophene rings is 1. The lowest BCUT2D eigenvalue weighted by molar-refractivity contribution is -0.136. The van der Waals surface area contributed by atoms with E-state index in [-0.39, 0.29) is 5.56 Å². The second-order valence-electron chi connectivity index (χ2n) is 6.82. The first-order valence-corrected chi connectivity index (χ1v) is 11.9. The van der Waals surface area contributed by atoms with Crippen LogP contribution >= 0.6 is 38.6 Å². The highest BCUT2D eigenvalue weighted by Crippen LogP contribution is 2.34. The van der Waals surface area contributed by atoms with E-state index in [4.69, 9.17) is 14.2 Å². The number of halogens is 1. The minimum absolute atomic E-state index is 0.241. The summed E-state index contributed by atoms with van der Waals surface area (Å²) >= 11 is 6.21. The van der Waals surface area contributed by atoms with Crippen molar-refractivity contribution in [3.05, 3.63) is 75.5 Å². The summed E-state index contributed by atoms with van der Waals surface area (Å²) < 4.78 is 18.6. The van der Waals surface area contributed by atoms with Crippen LogP contribution in [0.4, 0.5) is 0 Å². The van der Waals surface area contributed by atoms with E-state index < -0.39 is 12.0 Å². The molecule has 1 aliphatic rings. The van der Waals surface area contributed by atoms with Gasteiger partial charge < -0.3 is 14.2 Å². The molecule has 0 saturated heterocycles. The van der Waals surface area contributed by atoms with Gasteiger partial charge in [-0.2, -0.15) is 0 Å². The maximum Gasteiger partial charge on any atom is 0.338 e. The third-order valence-corrected chi connectivity index (χ3v) is 7.56. The van der Waals surface area contributed by atoms with Crippen molar-refractivity contribution in [2.45, 2.75) is 13.0 Å². The zero-order valence-electron chi connectivity index (χ0n) is 17.7. The molecule has 1 aromatic carbocycles. The van der Waals surface area contributed by atoms with Crippen molar-refractivity contribution < 1.29 is 19.0 Å². The van der Waals surface area contributed by atoms with Crippen molar-refractivity contribution in [1.29, 1.82) is 0 Å². The van der Waals surface area contributed by atoms with Gasteiger partial charge in [0.15, 0.2) is 4.80 Å². The predicted molar refractivity (Wildman–Crippen MR) is 127 cm³/mol. The summed E-state index contributed by atoms with van der Waals surface area (Å²) in [5.74, 6) is 0.688. The molecule has 1 unspecified atom stereocenters. The molecule has 7 nitrogen and oxygen atoms in total. The third-order valence-electron chi connectivity index (χ3n) is 5.03. The van der Waals surface area contributed by atoms with Crippen molar-refractivity contribution in [1.82, 2.24) is 4.57 Å². The number of thiazole rings is 1. The van der Waals surface area contributed by atoms with E-state index in [1.165, 1.54) is 29.8 Å². The average Bonchev–Trinajstić information content (AvgIpc) is 3.41. The molecule has 2 aromatic heterocycles. The SMILES string of the molecule is COC(=O)C1=C(C)N=c2sc(=Cc3cc(Br)c(OC)cc3OC)c(=O)n2C1c1cccs1. The van der Waals surface area contributed by atoms with Gasteiger partial charge in [0.05, 0.1) is 41.6 Å². The molecule has 10 heteroatoms. The largest absolute Gasteiger partial charge is 0.496 e. The van der Waals surface area contributed by atoms with Gasteiger partial charge >= 0.3 is 5.97 Å². The molecule has 3 aromatic rings. The summed E-state index contributed by atoms with van der Waals surface area (Å²) in [6.07, 6.45) is 1.76. The Hall–Kier alpha value is -2.69. The van der Waals surface area contributed by atoms with Gasteiger partial charge in [-0.25, -0.2) is 9.79 Å². The summed E-state index contributed by atoms with van der Waals surface area (Å²) in [7, 11) is 4.46. The fourth-order valence-electron chi connectivity index (χ4n) is 3.55. The summed E-state index contributed by atoms with van der Waals surface area (Å²) in [5, 5.41) is 1.91. The Morgan fingerprint density at radius 1 is 1.22 bits per heavy atom. The van der Waals surface area contributed by atoms with Gasteiger partial charge in [0.25, 0.3) is 5.56 Å². The van der Waals surface area contributed by atoms with E-state index in [1.807, 2.05) is 23.6 Å². The number of ether oxygens (including phenoxy) is 3. The third kappa shape index (κ3) is 3.82. The summed E-state index contributed by atoms with van der Waals surface area (Å²) in [5.41, 5.74) is 1.36. The van der Waals surface area contributed by atoms with Gasteiger partial charge in [0, 0.05) is 16.5 Å². The molecule has 0 aliphatic carbocycles. The molecule has 0 fully saturated rings. The zero-order valence-corrected chi connectivity index (χ0v) is 20.9. The minimum Gasteiger partial charge on any atom is -0.496 e. The van der Waals surface area contributed by atoms with Gasteiger partial charge in [-0.15, -0.1) is 11.3 Å². The van der Waals surface area contributed by atoms with Gasteiger partial charge in [0.1, 0.15) is 17.5 Å². The first-order chi connectivity index (χ1) is 15.4. The Bertz CT molecular complexity index is 1400. The molecular weight excluding hydrogens is 516 g/mol. The number of fused-ring (bicyclic) bond motifs is 1. The van der Waals surface area contributed by atoms with Gasteiger partial charge in [-0.3, -0.25) is 9.36 Å². The fraction of sp³-hybridized carbons (Fsp3) is 0.227. The quantitative estimate of drug-likeness (QED) is 0.469. The highest BCUT2D eigenvalue weighted by molar-refractivity contribution is 9.10. The van der Waals surface area contributed by atoms with Crippen LogP contribution in [0.5, 0.6) is 11.5 Å². The van der Waals surface area contributed by atoms with E-state index in [0.29, 0.717) is 37.7 Å². The Morgan fingerprint density at radius 3 is 2.59 bits per heavy atom. The lowest BCUT2D eigenvalue weighted by Gasteiger charge is -2.22. The Balaban J connectivity index is 1.96. The van der Waals surface area contributed by atoms with Crippen molar-refractivity contribution in [2.75, 3.05) is 21.3 Å². The predicted octanol–water partition coefficient (Wildman–Crippen LogP) is 3.25. The number of benzene rings is 1. The minimum atomic E-state index is -0.592. The van der Waals surface area contributed by atoms with E-state index in [1.54, 1.807) is 37.9 Å². The van der Waals surface area contributed by atoms with Crippen LogP contribution in [0.2, 0.25) is 0 Å². The molecule has 1 atom stereocenters. The first-order valence-electron chi connectivity index (χ1n) is 9.45. The molecule has 0 N–H and O–H groups in total. The Labute approximate surface area is 200 Å². The van der Waals surface area contributed by atoms with Crippen LogP contribution in [0, 0.1) is 0 Å². The summed E-state index contributed by atoms with van der Waals surface area (Å²) in [4.78, 5) is 32.1. The van der Waals surface area contributed by atoms with E-state index in [0.717, 1.165) is 9.35 Å². The monoisotopic (exact) mass is 534 g/mol. The smallest absolute Gasteiger partial charge is 0.338 e. The van der Waals surface area contributed by atoms with Crippen LogP contribution in [0.1, 0.15) is 23.4 Å². The molecule has 0 bridgehead atoms. The molecular formula is C22H19BrN2O5S2. The first kappa shape index (κ1) is 22.5. The van der Waals surface area contributed by atoms with E-state index in [9.17, 15) is 9.59 Å². The molecule has 0 spiro atoms. The van der Waals surface area contributed by atoms with Gasteiger partial charge in [-0.1, -0.05) is 17.4 Å². The van der Waals surface area contributed by atoms with Gasteiger partial charge in [-0.05, 0) is 46.4 Å². The van der Waals surface area contributed by atoms with Crippen molar-refractivity contribution in [3.63, 3.8) is 0 Å². The second kappa shape index (κ2) is 9.05. The molecule has 4 rings (SSSR count). The fourth-order valence-corrected chi connectivity index (χ4v) is 5.93. The van der Waals surface area contributed by atoms with Crippen molar-refractivity contribution >= 4 is 50.6 Å². The number of carbonyl (C=O) groups excluding carboxylic acids is 1. The molecule has 1 aliphatic heterocycles. The number of nitrogens with zero attached hydrogens (tertiary/aromatic N) is 2. The number of allylic oxidation sites excluding steroid dienone is 1. The standard InChI is InChI=1S/C22H19BrN2O5S2/c1-11-18(21(27)30-4)19(16-6-5-7-31-16)25-20(26)17(32-22(25)24-11)9-12-8-13(23)15(29-3)10-14(12)28-2/h5-10,19H,1-4H3. The summed E-state index contributed by atoms with van der Waals surface area (Å²) in [6, 6.07) is 6.78. The molecule has 166 valence electrons. The van der Waals surface area contributed by atoms with Gasteiger partial charge in [0.2, 0.25) is 0 Å². The molecule has 0 saturated carbocycles. The van der Waals surface area contributed by atoms with E-state index >= 15 is 0 Å². The number of hydrogen-bond donors (Lipinski definition) is 0. The lowest BCUT2D eigenvalue weighted by atomic mass is 10.0. The maximum atomic E-state index is 13.5. The molecule has 32 heavy (non-hydrogen) atoms. The van der Waals surface area contributed by atoms with Crippen molar-refractivity contribution in [3.8, 4) is 11.5 Å². The van der Waals surface area contributed by atoms with Crippen LogP contribution in [-0.2, 0) is 9.53 Å². The normalized spacial score (nSPS) is 15.9. The second-order valence-corrected chi connectivity index (χ2v) is 9.66. The topological polar surface area (TPSA) is 79.1 Å². The van der Waals surface area contributed by atoms with Crippen LogP contribution in [0.15, 0.2) is 55.2 Å². The number of esters is 1. The highest BCUT2D eigenvalue weighted by atomic mass is 79.9.